The van der Waals surface area contributed by atoms with Gasteiger partial charge in [-0.25, -0.2) is 4.99 Å². The molecule has 0 spiro atoms. The molecule has 10 heteroatoms. The number of rotatable bonds is 3. The minimum Gasteiger partial charge on any atom is -0.412 e. The molecule has 2 aliphatic rings. The number of benzene rings is 1. The highest BCUT2D eigenvalue weighted by molar-refractivity contribution is 7.16. The summed E-state index contributed by atoms with van der Waals surface area (Å²) < 4.78 is 0. The summed E-state index contributed by atoms with van der Waals surface area (Å²) in [4.78, 5) is 15.6. The van der Waals surface area contributed by atoms with Crippen molar-refractivity contribution < 1.29 is 5.48 Å². The van der Waals surface area contributed by atoms with E-state index in [1.807, 2.05) is 23.7 Å². The van der Waals surface area contributed by atoms with Crippen LogP contribution < -0.4 is 5.32 Å². The maximum atomic E-state index is 5.16. The zero-order valence-electron chi connectivity index (χ0n) is 19.2. The molecule has 0 saturated carbocycles. The average molecular weight is 545 g/mol. The summed E-state index contributed by atoms with van der Waals surface area (Å²) in [5.74, 6) is 1.11. The Bertz CT molecular complexity index is 1080. The normalized spacial score (nSPS) is 16.6. The van der Waals surface area contributed by atoms with Crippen molar-refractivity contribution in [3.05, 3.63) is 70.9 Å². The number of likely N-dealkylation sites (N-methyl/N-ethyl adjacent to an activating group) is 1. The van der Waals surface area contributed by atoms with Crippen molar-refractivity contribution in [2.75, 3.05) is 32.0 Å². The number of halogens is 3. The minimum atomic E-state index is 0. The van der Waals surface area contributed by atoms with Crippen LogP contribution in [0.5, 0.6) is 0 Å². The summed E-state index contributed by atoms with van der Waals surface area (Å²) in [5.41, 5.74) is 4.68. The molecular formula is C24H32Cl3N5OS. The Hall–Kier alpha value is -1.87. The lowest BCUT2D eigenvalue weighted by Gasteiger charge is -2.41. The van der Waals surface area contributed by atoms with Crippen molar-refractivity contribution in [1.82, 2.24) is 14.8 Å². The first-order chi connectivity index (χ1) is 14.7. The molecule has 2 aromatic heterocycles. The Kier molecular flexibility index (Phi) is 11.8. The minimum absolute atomic E-state index is 0. The first-order valence-electron chi connectivity index (χ1n) is 10.6. The fourth-order valence-electron chi connectivity index (χ4n) is 4.32. The Balaban J connectivity index is 0.00000144. The molecule has 1 fully saturated rings. The quantitative estimate of drug-likeness (QED) is 0.487. The van der Waals surface area contributed by atoms with E-state index in [1.54, 1.807) is 0 Å². The SMILES string of the molecule is Cc1cc2c(s1)Nc1ccccc1N=C2N1CCN(C)[C@@H](CCc2ccncc2)C1.Cl.Cl.Cl.O. The summed E-state index contributed by atoms with van der Waals surface area (Å²) in [6, 6.07) is 15.4. The van der Waals surface area contributed by atoms with Crippen LogP contribution in [0.1, 0.15) is 22.4 Å². The van der Waals surface area contributed by atoms with Crippen LogP contribution in [0.3, 0.4) is 0 Å². The van der Waals surface area contributed by atoms with E-state index in [4.69, 9.17) is 4.99 Å². The number of pyridine rings is 1. The number of aryl methyl sites for hydroxylation is 2. The Morgan fingerprint density at radius 3 is 2.56 bits per heavy atom. The van der Waals surface area contributed by atoms with Gasteiger partial charge in [-0.3, -0.25) is 9.88 Å². The molecule has 0 bridgehead atoms. The van der Waals surface area contributed by atoms with Crippen LogP contribution in [0.2, 0.25) is 0 Å². The molecule has 2 aliphatic heterocycles. The lowest BCUT2D eigenvalue weighted by Crippen LogP contribution is -2.53. The van der Waals surface area contributed by atoms with Crippen LogP contribution in [0.25, 0.3) is 0 Å². The molecule has 186 valence electrons. The van der Waals surface area contributed by atoms with Gasteiger partial charge in [0.1, 0.15) is 10.8 Å². The number of thiophene rings is 1. The van der Waals surface area contributed by atoms with Crippen molar-refractivity contribution in [3.8, 4) is 0 Å². The summed E-state index contributed by atoms with van der Waals surface area (Å²) >= 11 is 1.81. The maximum Gasteiger partial charge on any atom is 0.139 e. The molecule has 0 aliphatic carbocycles. The summed E-state index contributed by atoms with van der Waals surface area (Å²) in [5, 5.41) is 4.82. The molecule has 6 nitrogen and oxygen atoms in total. The number of hydrogen-bond acceptors (Lipinski definition) is 6. The van der Waals surface area contributed by atoms with Gasteiger partial charge >= 0.3 is 0 Å². The maximum absolute atomic E-state index is 5.16. The van der Waals surface area contributed by atoms with Crippen LogP contribution in [0, 0.1) is 6.92 Å². The molecule has 0 radical (unpaired) electrons. The second kappa shape index (κ2) is 13.3. The van der Waals surface area contributed by atoms with E-state index in [9.17, 15) is 0 Å². The van der Waals surface area contributed by atoms with Gasteiger partial charge in [-0.2, -0.15) is 0 Å². The van der Waals surface area contributed by atoms with Crippen LogP contribution in [0.4, 0.5) is 16.4 Å². The van der Waals surface area contributed by atoms with Gasteiger partial charge in [-0.15, -0.1) is 48.6 Å². The third-order valence-corrected chi connectivity index (χ3v) is 7.03. The number of nitrogens with zero attached hydrogens (tertiary/aromatic N) is 4. The molecular weight excluding hydrogens is 513 g/mol. The first kappa shape index (κ1) is 30.2. The number of aliphatic imine (C=N–C) groups is 1. The fraction of sp³-hybridized carbons (Fsp3) is 0.333. The predicted molar refractivity (Wildman–Crippen MR) is 151 cm³/mol. The second-order valence-corrected chi connectivity index (χ2v) is 9.41. The zero-order chi connectivity index (χ0) is 20.5. The van der Waals surface area contributed by atoms with Crippen LogP contribution in [0.15, 0.2) is 59.9 Å². The van der Waals surface area contributed by atoms with Crippen molar-refractivity contribution in [1.29, 1.82) is 0 Å². The first-order valence-corrected chi connectivity index (χ1v) is 11.4. The van der Waals surface area contributed by atoms with E-state index >= 15 is 0 Å². The number of para-hydroxylation sites is 2. The van der Waals surface area contributed by atoms with Crippen LogP contribution in [-0.4, -0.2) is 58.8 Å². The lowest BCUT2D eigenvalue weighted by atomic mass is 10.0. The van der Waals surface area contributed by atoms with Crippen LogP contribution in [-0.2, 0) is 6.42 Å². The smallest absolute Gasteiger partial charge is 0.139 e. The third kappa shape index (κ3) is 6.42. The zero-order valence-corrected chi connectivity index (χ0v) is 22.5. The highest BCUT2D eigenvalue weighted by Gasteiger charge is 2.29. The summed E-state index contributed by atoms with van der Waals surface area (Å²) in [7, 11) is 2.25. The molecule has 1 atom stereocenters. The van der Waals surface area contributed by atoms with E-state index in [0.717, 1.165) is 49.7 Å². The molecule has 1 aromatic carbocycles. The summed E-state index contributed by atoms with van der Waals surface area (Å²) in [6.07, 6.45) is 5.98. The monoisotopic (exact) mass is 543 g/mol. The largest absolute Gasteiger partial charge is 0.412 e. The van der Waals surface area contributed by atoms with E-state index < -0.39 is 0 Å². The second-order valence-electron chi connectivity index (χ2n) is 8.15. The Morgan fingerprint density at radius 2 is 1.79 bits per heavy atom. The molecule has 0 amide bonds. The number of amidine groups is 1. The standard InChI is InChI=1S/C24H27N5S.3ClH.H2O/c1-17-15-20-23(26-21-5-3-4-6-22(21)27-24(20)30-17)29-14-13-28(2)19(16-29)8-7-18-9-11-25-12-10-18;;;;/h3-6,9-12,15,19,27H,7-8,13-14,16H2,1-2H3;3*1H;1H2/t19-;;;;/m0..../s1. The van der Waals surface area contributed by atoms with Crippen molar-refractivity contribution in [2.45, 2.75) is 25.8 Å². The number of anilines is 2. The number of hydrogen-bond donors (Lipinski definition) is 1. The number of nitrogens with one attached hydrogen (secondary N) is 1. The predicted octanol–water partition coefficient (Wildman–Crippen LogP) is 5.28. The topological polar surface area (TPSA) is 75.3 Å². The van der Waals surface area contributed by atoms with E-state index in [-0.39, 0.29) is 42.7 Å². The molecule has 3 aromatic rings. The number of piperazine rings is 1. The van der Waals surface area contributed by atoms with Gasteiger partial charge in [0.2, 0.25) is 0 Å². The molecule has 34 heavy (non-hydrogen) atoms. The molecule has 3 N–H and O–H groups in total. The summed E-state index contributed by atoms with van der Waals surface area (Å²) in [6.45, 7) is 5.22. The number of aromatic nitrogens is 1. The molecule has 4 heterocycles. The van der Waals surface area contributed by atoms with E-state index in [1.165, 1.54) is 21.0 Å². The van der Waals surface area contributed by atoms with Gasteiger partial charge in [0.15, 0.2) is 0 Å². The highest BCUT2D eigenvalue weighted by Crippen LogP contribution is 2.39. The average Bonchev–Trinajstić information content (AvgIpc) is 3.05. The van der Waals surface area contributed by atoms with Gasteiger partial charge in [0.05, 0.1) is 16.9 Å². The van der Waals surface area contributed by atoms with Crippen LogP contribution >= 0.6 is 48.6 Å². The lowest BCUT2D eigenvalue weighted by molar-refractivity contribution is 0.134. The van der Waals surface area contributed by atoms with Gasteiger partial charge in [0, 0.05) is 42.9 Å². The van der Waals surface area contributed by atoms with Gasteiger partial charge in [-0.05, 0) is 62.7 Å². The van der Waals surface area contributed by atoms with E-state index in [0.29, 0.717) is 6.04 Å². The van der Waals surface area contributed by atoms with Crippen molar-refractivity contribution in [3.63, 3.8) is 0 Å². The Labute approximate surface area is 224 Å². The Morgan fingerprint density at radius 1 is 1.06 bits per heavy atom. The molecule has 5 rings (SSSR count). The molecule has 1 saturated heterocycles. The van der Waals surface area contributed by atoms with Crippen molar-refractivity contribution in [2.24, 2.45) is 4.99 Å². The van der Waals surface area contributed by atoms with Gasteiger partial charge in [-0.1, -0.05) is 12.1 Å². The highest BCUT2D eigenvalue weighted by atomic mass is 35.5. The van der Waals surface area contributed by atoms with Gasteiger partial charge in [0.25, 0.3) is 0 Å². The number of fused-ring (bicyclic) bond motifs is 2. The van der Waals surface area contributed by atoms with E-state index in [2.05, 4.69) is 76.5 Å². The third-order valence-electron chi connectivity index (χ3n) is 6.07. The van der Waals surface area contributed by atoms with Crippen molar-refractivity contribution >= 4 is 70.8 Å². The molecule has 0 unspecified atom stereocenters. The fourth-order valence-corrected chi connectivity index (χ4v) is 5.24. The van der Waals surface area contributed by atoms with Gasteiger partial charge < -0.3 is 15.7 Å².